The first-order valence-electron chi connectivity index (χ1n) is 5.64. The van der Waals surface area contributed by atoms with E-state index in [1.165, 1.54) is 31.2 Å². The van der Waals surface area contributed by atoms with Gasteiger partial charge >= 0.3 is 0 Å². The molecule has 0 saturated heterocycles. The van der Waals surface area contributed by atoms with Gasteiger partial charge in [-0.2, -0.15) is 0 Å². The van der Waals surface area contributed by atoms with E-state index in [9.17, 15) is 0 Å². The third kappa shape index (κ3) is 2.97. The predicted octanol–water partition coefficient (Wildman–Crippen LogP) is 4.33. The zero-order valence-electron chi connectivity index (χ0n) is 9.13. The molecule has 82 valence electrons. The van der Waals surface area contributed by atoms with E-state index in [2.05, 4.69) is 35.0 Å². The summed E-state index contributed by atoms with van der Waals surface area (Å²) < 4.78 is 6.95. The van der Waals surface area contributed by atoms with Crippen LogP contribution in [0, 0.1) is 12.8 Å². The monoisotopic (exact) mass is 268 g/mol. The Morgan fingerprint density at radius 3 is 2.73 bits per heavy atom. The summed E-state index contributed by atoms with van der Waals surface area (Å²) in [5, 5.41) is 0. The largest absolute Gasteiger partial charge is 0.493 e. The van der Waals surface area contributed by atoms with Crippen LogP contribution in [0.3, 0.4) is 0 Å². The summed E-state index contributed by atoms with van der Waals surface area (Å²) in [6, 6.07) is 6.18. The molecule has 0 unspecified atom stereocenters. The van der Waals surface area contributed by atoms with Crippen molar-refractivity contribution in [3.63, 3.8) is 0 Å². The van der Waals surface area contributed by atoms with Crippen molar-refractivity contribution in [2.75, 3.05) is 6.61 Å². The molecule has 1 aromatic carbocycles. The summed E-state index contributed by atoms with van der Waals surface area (Å²) in [5.41, 5.74) is 1.24. The molecule has 0 bridgehead atoms. The van der Waals surface area contributed by atoms with Crippen molar-refractivity contribution in [1.29, 1.82) is 0 Å². The lowest BCUT2D eigenvalue weighted by atomic mass is 10.1. The Hall–Kier alpha value is -0.500. The zero-order chi connectivity index (χ0) is 10.7. The Labute approximate surface area is 100.0 Å². The molecule has 1 aromatic rings. The number of rotatable bonds is 3. The quantitative estimate of drug-likeness (QED) is 0.793. The Balaban J connectivity index is 1.90. The maximum Gasteiger partial charge on any atom is 0.119 e. The van der Waals surface area contributed by atoms with Gasteiger partial charge in [-0.3, -0.25) is 0 Å². The van der Waals surface area contributed by atoms with Crippen LogP contribution in [-0.4, -0.2) is 6.61 Å². The highest BCUT2D eigenvalue weighted by Crippen LogP contribution is 2.27. The Bertz CT molecular complexity index is 329. The van der Waals surface area contributed by atoms with Crippen LogP contribution in [0.15, 0.2) is 22.7 Å². The van der Waals surface area contributed by atoms with Crippen LogP contribution in [-0.2, 0) is 0 Å². The molecule has 1 aliphatic rings. The highest BCUT2D eigenvalue weighted by molar-refractivity contribution is 9.10. The third-order valence-electron chi connectivity index (χ3n) is 3.09. The number of benzene rings is 1. The summed E-state index contributed by atoms with van der Waals surface area (Å²) in [7, 11) is 0. The molecule has 1 fully saturated rings. The van der Waals surface area contributed by atoms with Crippen molar-refractivity contribution < 1.29 is 4.74 Å². The van der Waals surface area contributed by atoms with Crippen molar-refractivity contribution in [3.8, 4) is 5.75 Å². The highest BCUT2D eigenvalue weighted by Gasteiger charge is 2.15. The van der Waals surface area contributed by atoms with E-state index in [0.717, 1.165) is 22.7 Å². The molecule has 0 heterocycles. The van der Waals surface area contributed by atoms with Gasteiger partial charge in [-0.25, -0.2) is 0 Å². The molecule has 1 aliphatic carbocycles. The predicted molar refractivity (Wildman–Crippen MR) is 66.3 cm³/mol. The minimum absolute atomic E-state index is 0.786. The summed E-state index contributed by atoms with van der Waals surface area (Å²) in [6.45, 7) is 2.98. The van der Waals surface area contributed by atoms with E-state index in [1.807, 2.05) is 6.07 Å². The molecule has 1 nitrogen and oxygen atoms in total. The number of hydrogen-bond donors (Lipinski definition) is 0. The first-order chi connectivity index (χ1) is 7.25. The first-order valence-corrected chi connectivity index (χ1v) is 6.44. The Morgan fingerprint density at radius 2 is 2.07 bits per heavy atom. The second-order valence-corrected chi connectivity index (χ2v) is 5.23. The third-order valence-corrected chi connectivity index (χ3v) is 3.98. The van der Waals surface area contributed by atoms with Crippen LogP contribution in [0.1, 0.15) is 31.2 Å². The Morgan fingerprint density at radius 1 is 1.33 bits per heavy atom. The first kappa shape index (κ1) is 11.0. The minimum Gasteiger partial charge on any atom is -0.493 e. The van der Waals surface area contributed by atoms with Crippen LogP contribution in [0.5, 0.6) is 5.75 Å². The molecule has 2 heteroatoms. The molecular formula is C13H17BrO. The molecule has 0 aliphatic heterocycles. The molecule has 0 aromatic heterocycles. The number of halogens is 1. The van der Waals surface area contributed by atoms with Crippen LogP contribution >= 0.6 is 15.9 Å². The molecule has 0 radical (unpaired) electrons. The molecule has 0 spiro atoms. The van der Waals surface area contributed by atoms with Crippen molar-refractivity contribution in [1.82, 2.24) is 0 Å². The maximum atomic E-state index is 5.80. The lowest BCUT2D eigenvalue weighted by molar-refractivity contribution is 0.252. The highest BCUT2D eigenvalue weighted by atomic mass is 79.9. The molecule has 1 saturated carbocycles. The van der Waals surface area contributed by atoms with Gasteiger partial charge in [0, 0.05) is 4.47 Å². The van der Waals surface area contributed by atoms with Crippen molar-refractivity contribution >= 4 is 15.9 Å². The normalized spacial score (nSPS) is 16.9. The van der Waals surface area contributed by atoms with Gasteiger partial charge in [-0.05, 0) is 49.4 Å². The van der Waals surface area contributed by atoms with Gasteiger partial charge in [-0.1, -0.05) is 28.8 Å². The van der Waals surface area contributed by atoms with Crippen LogP contribution < -0.4 is 4.74 Å². The Kier molecular flexibility index (Phi) is 3.68. The van der Waals surface area contributed by atoms with Gasteiger partial charge in [-0.15, -0.1) is 0 Å². The van der Waals surface area contributed by atoms with Crippen LogP contribution in [0.2, 0.25) is 0 Å². The van der Waals surface area contributed by atoms with E-state index < -0.39 is 0 Å². The standard InChI is InChI=1S/C13H17BrO/c1-10-8-12(6-7-13(10)14)15-9-11-4-2-3-5-11/h6-8,11H,2-5,9H2,1H3. The molecular weight excluding hydrogens is 252 g/mol. The zero-order valence-corrected chi connectivity index (χ0v) is 10.7. The topological polar surface area (TPSA) is 9.23 Å². The number of aryl methyl sites for hydroxylation is 1. The van der Waals surface area contributed by atoms with Gasteiger partial charge in [0.05, 0.1) is 6.61 Å². The van der Waals surface area contributed by atoms with E-state index in [0.29, 0.717) is 0 Å². The fourth-order valence-electron chi connectivity index (χ4n) is 2.10. The summed E-state index contributed by atoms with van der Waals surface area (Å²) in [4.78, 5) is 0. The minimum atomic E-state index is 0.786. The average Bonchev–Trinajstić information content (AvgIpc) is 2.73. The van der Waals surface area contributed by atoms with E-state index in [4.69, 9.17) is 4.74 Å². The van der Waals surface area contributed by atoms with E-state index >= 15 is 0 Å². The van der Waals surface area contributed by atoms with Gasteiger partial charge in [0.1, 0.15) is 5.75 Å². The smallest absolute Gasteiger partial charge is 0.119 e. The van der Waals surface area contributed by atoms with Gasteiger partial charge in [0.25, 0.3) is 0 Å². The van der Waals surface area contributed by atoms with Crippen molar-refractivity contribution in [3.05, 3.63) is 28.2 Å². The second-order valence-electron chi connectivity index (χ2n) is 4.37. The second kappa shape index (κ2) is 5.02. The summed E-state index contributed by atoms with van der Waals surface area (Å²) in [6.07, 6.45) is 5.45. The van der Waals surface area contributed by atoms with Crippen LogP contribution in [0.25, 0.3) is 0 Å². The number of ether oxygens (including phenoxy) is 1. The van der Waals surface area contributed by atoms with Crippen LogP contribution in [0.4, 0.5) is 0 Å². The molecule has 0 atom stereocenters. The fourth-order valence-corrected chi connectivity index (χ4v) is 2.34. The van der Waals surface area contributed by atoms with Crippen molar-refractivity contribution in [2.45, 2.75) is 32.6 Å². The summed E-state index contributed by atoms with van der Waals surface area (Å²) in [5.74, 6) is 1.79. The lowest BCUT2D eigenvalue weighted by Crippen LogP contribution is -2.07. The molecule has 15 heavy (non-hydrogen) atoms. The fraction of sp³-hybridized carbons (Fsp3) is 0.538. The van der Waals surface area contributed by atoms with E-state index in [1.54, 1.807) is 0 Å². The summed E-state index contributed by atoms with van der Waals surface area (Å²) >= 11 is 3.49. The average molecular weight is 269 g/mol. The van der Waals surface area contributed by atoms with E-state index in [-0.39, 0.29) is 0 Å². The lowest BCUT2D eigenvalue weighted by Gasteiger charge is -2.12. The SMILES string of the molecule is Cc1cc(OCC2CCCC2)ccc1Br. The van der Waals surface area contributed by atoms with Gasteiger partial charge in [0.15, 0.2) is 0 Å². The maximum absolute atomic E-state index is 5.80. The molecule has 0 amide bonds. The number of hydrogen-bond acceptors (Lipinski definition) is 1. The molecule has 0 N–H and O–H groups in total. The van der Waals surface area contributed by atoms with Crippen molar-refractivity contribution in [2.24, 2.45) is 5.92 Å². The van der Waals surface area contributed by atoms with Gasteiger partial charge in [0.2, 0.25) is 0 Å². The molecule has 2 rings (SSSR count). The van der Waals surface area contributed by atoms with Gasteiger partial charge < -0.3 is 4.74 Å².